The Kier molecular flexibility index (Phi) is 5.75. The molecule has 5 heteroatoms. The number of rotatable bonds is 4. The molecular formula is C28H35NO3S. The van der Waals surface area contributed by atoms with Gasteiger partial charge in [-0.05, 0) is 78.9 Å². The van der Waals surface area contributed by atoms with Gasteiger partial charge in [-0.15, -0.1) is 0 Å². The third-order valence-corrected chi connectivity index (χ3v) is 10.2. The highest BCUT2D eigenvalue weighted by Crippen LogP contribution is 2.65. The van der Waals surface area contributed by atoms with Crippen LogP contribution in [0.25, 0.3) is 0 Å². The highest BCUT2D eigenvalue weighted by molar-refractivity contribution is 7.80. The summed E-state index contributed by atoms with van der Waals surface area (Å²) in [7, 11) is 0. The maximum absolute atomic E-state index is 12.0. The van der Waals surface area contributed by atoms with Crippen molar-refractivity contribution < 1.29 is 14.3 Å². The molecule has 0 aromatic heterocycles. The van der Waals surface area contributed by atoms with Crippen LogP contribution >= 0.6 is 12.2 Å². The van der Waals surface area contributed by atoms with E-state index in [4.69, 9.17) is 17.0 Å². The molecule has 0 radical (unpaired) electrons. The van der Waals surface area contributed by atoms with Crippen molar-refractivity contribution >= 4 is 29.0 Å². The third kappa shape index (κ3) is 3.77. The Balaban J connectivity index is 1.34. The first-order valence-corrected chi connectivity index (χ1v) is 12.9. The van der Waals surface area contributed by atoms with E-state index in [0.29, 0.717) is 30.3 Å². The van der Waals surface area contributed by atoms with Crippen LogP contribution in [0.1, 0.15) is 70.4 Å². The van der Waals surface area contributed by atoms with Crippen LogP contribution in [-0.4, -0.2) is 22.8 Å². The molecule has 1 N–H and O–H groups in total. The summed E-state index contributed by atoms with van der Waals surface area (Å²) >= 11 is 6.10. The molecule has 3 fully saturated rings. The number of carbonyl (C=O) groups excluding carboxylic acids is 2. The number of nitrogens with one attached hydrogen (secondary N) is 1. The average molecular weight is 466 g/mol. The Morgan fingerprint density at radius 3 is 2.58 bits per heavy atom. The smallest absolute Gasteiger partial charge is 0.302 e. The van der Waals surface area contributed by atoms with E-state index in [1.807, 2.05) is 12.1 Å². The average Bonchev–Trinajstić information content (AvgIpc) is 3.15. The second-order valence-electron chi connectivity index (χ2n) is 11.2. The van der Waals surface area contributed by atoms with Crippen molar-refractivity contribution in [3.63, 3.8) is 0 Å². The molecule has 3 aliphatic carbocycles. The number of esters is 1. The molecule has 0 bridgehead atoms. The van der Waals surface area contributed by atoms with Crippen LogP contribution in [0.3, 0.4) is 0 Å². The van der Waals surface area contributed by atoms with Gasteiger partial charge in [-0.3, -0.25) is 9.59 Å². The van der Waals surface area contributed by atoms with Gasteiger partial charge < -0.3 is 10.1 Å². The van der Waals surface area contributed by atoms with E-state index in [0.717, 1.165) is 22.4 Å². The lowest BCUT2D eigenvalue weighted by Gasteiger charge is -2.59. The molecule has 1 amide bonds. The van der Waals surface area contributed by atoms with Crippen LogP contribution in [0.15, 0.2) is 36.4 Å². The molecular weight excluding hydrogens is 430 g/mol. The molecule has 1 heterocycles. The van der Waals surface area contributed by atoms with E-state index < -0.39 is 0 Å². The minimum Gasteiger partial charge on any atom is -0.461 e. The number of benzene rings is 1. The zero-order valence-electron chi connectivity index (χ0n) is 19.9. The van der Waals surface area contributed by atoms with E-state index in [1.54, 1.807) is 6.08 Å². The Bertz CT molecular complexity index is 1000. The molecule has 33 heavy (non-hydrogen) atoms. The zero-order chi connectivity index (χ0) is 23.4. The SMILES string of the molecule is CC(=O)OCc1ccc(C(=S)[C@H]2CC[C@H]3[C@@H]4CC[C@H]5NC(=O)C=C[C@]5(C)[C@H]4CC[C@]23C)cc1. The normalized spacial score (nSPS) is 39.1. The van der Waals surface area contributed by atoms with Gasteiger partial charge >= 0.3 is 5.97 Å². The van der Waals surface area contributed by atoms with Crippen molar-refractivity contribution in [1.29, 1.82) is 0 Å². The van der Waals surface area contributed by atoms with E-state index >= 15 is 0 Å². The summed E-state index contributed by atoms with van der Waals surface area (Å²) in [6.45, 7) is 6.62. The molecule has 4 nitrogen and oxygen atoms in total. The molecule has 1 aromatic rings. The maximum Gasteiger partial charge on any atom is 0.302 e. The third-order valence-electron chi connectivity index (χ3n) is 9.68. The molecule has 0 spiro atoms. The van der Waals surface area contributed by atoms with Crippen LogP contribution in [-0.2, 0) is 20.9 Å². The lowest BCUT2D eigenvalue weighted by molar-refractivity contribution is -0.142. The number of hydrogen-bond acceptors (Lipinski definition) is 4. The lowest BCUT2D eigenvalue weighted by Crippen LogP contribution is -2.59. The molecule has 7 atom stereocenters. The summed E-state index contributed by atoms with van der Waals surface area (Å²) in [6, 6.07) is 8.55. The highest BCUT2D eigenvalue weighted by Gasteiger charge is 2.60. The van der Waals surface area contributed by atoms with E-state index in [9.17, 15) is 9.59 Å². The summed E-state index contributed by atoms with van der Waals surface area (Å²) in [5.74, 6) is 2.30. The number of ether oxygens (including phenoxy) is 1. The topological polar surface area (TPSA) is 55.4 Å². The summed E-state index contributed by atoms with van der Waals surface area (Å²) in [5, 5.41) is 3.26. The van der Waals surface area contributed by atoms with Crippen LogP contribution in [0.4, 0.5) is 0 Å². The van der Waals surface area contributed by atoms with Gasteiger partial charge in [0.25, 0.3) is 0 Å². The van der Waals surface area contributed by atoms with Gasteiger partial charge in [0, 0.05) is 29.2 Å². The molecule has 3 saturated carbocycles. The quantitative estimate of drug-likeness (QED) is 0.368. The molecule has 5 rings (SSSR count). The predicted molar refractivity (Wildman–Crippen MR) is 133 cm³/mol. The fraction of sp³-hybridized carbons (Fsp3) is 0.607. The van der Waals surface area contributed by atoms with Gasteiger partial charge in [0.15, 0.2) is 0 Å². The van der Waals surface area contributed by atoms with E-state index in [1.165, 1.54) is 39.0 Å². The molecule has 4 aliphatic rings. The number of carbonyl (C=O) groups is 2. The summed E-state index contributed by atoms with van der Waals surface area (Å²) in [5.41, 5.74) is 2.46. The van der Waals surface area contributed by atoms with Crippen LogP contribution in [0, 0.1) is 34.5 Å². The fourth-order valence-electron chi connectivity index (χ4n) is 7.92. The maximum atomic E-state index is 12.0. The van der Waals surface area contributed by atoms with Crippen molar-refractivity contribution in [3.8, 4) is 0 Å². The lowest BCUT2D eigenvalue weighted by atomic mass is 9.47. The molecule has 1 aliphatic heterocycles. The first-order chi connectivity index (χ1) is 15.7. The fourth-order valence-corrected chi connectivity index (χ4v) is 8.44. The van der Waals surface area contributed by atoms with Crippen LogP contribution < -0.4 is 5.32 Å². The minimum atomic E-state index is -0.260. The Hall–Kier alpha value is -2.01. The van der Waals surface area contributed by atoms with Crippen LogP contribution in [0.5, 0.6) is 0 Å². The number of thiocarbonyl (C=S) groups is 1. The number of amides is 1. The van der Waals surface area contributed by atoms with Crippen molar-refractivity contribution in [1.82, 2.24) is 5.32 Å². The molecule has 176 valence electrons. The van der Waals surface area contributed by atoms with Gasteiger partial charge in [0.05, 0.1) is 0 Å². The summed E-state index contributed by atoms with van der Waals surface area (Å²) in [6.07, 6.45) is 11.1. The molecule has 1 aromatic carbocycles. The van der Waals surface area contributed by atoms with Crippen molar-refractivity contribution in [3.05, 3.63) is 47.5 Å². The zero-order valence-corrected chi connectivity index (χ0v) is 20.8. The van der Waals surface area contributed by atoms with Gasteiger partial charge in [-0.25, -0.2) is 0 Å². The Morgan fingerprint density at radius 2 is 1.85 bits per heavy atom. The Labute approximate surface area is 202 Å². The Morgan fingerprint density at radius 1 is 1.09 bits per heavy atom. The standard InChI is InChI=1S/C28H35NO3S/c1-17(30)32-16-18-4-6-19(7-5-18)26(33)23-10-9-21-20-8-11-24-28(3,15-13-25(31)29-24)22(20)12-14-27(21,23)2/h4-7,13,15,20-24H,8-12,14,16H2,1-3H3,(H,29,31)/t20-,21-,22-,23+,24+,27-,28+/m0/s1. The summed E-state index contributed by atoms with van der Waals surface area (Å²) < 4.78 is 5.12. The van der Waals surface area contributed by atoms with Crippen molar-refractivity contribution in [2.75, 3.05) is 0 Å². The second kappa shape index (κ2) is 8.33. The largest absolute Gasteiger partial charge is 0.461 e. The van der Waals surface area contributed by atoms with E-state index in [2.05, 4.69) is 37.4 Å². The van der Waals surface area contributed by atoms with Crippen LogP contribution in [0.2, 0.25) is 0 Å². The predicted octanol–water partition coefficient (Wildman–Crippen LogP) is 5.38. The first kappa shape index (κ1) is 22.8. The van der Waals surface area contributed by atoms with Crippen molar-refractivity contribution in [2.24, 2.45) is 34.5 Å². The highest BCUT2D eigenvalue weighted by atomic mass is 32.1. The summed E-state index contributed by atoms with van der Waals surface area (Å²) in [4.78, 5) is 24.1. The van der Waals surface area contributed by atoms with Gasteiger partial charge in [0.2, 0.25) is 5.91 Å². The van der Waals surface area contributed by atoms with Gasteiger partial charge in [-0.2, -0.15) is 0 Å². The first-order valence-electron chi connectivity index (χ1n) is 12.5. The minimum absolute atomic E-state index is 0.0710. The monoisotopic (exact) mass is 465 g/mol. The number of fused-ring (bicyclic) bond motifs is 5. The van der Waals surface area contributed by atoms with Gasteiger partial charge in [0.1, 0.15) is 6.61 Å². The number of hydrogen-bond donors (Lipinski definition) is 1. The molecule has 0 saturated heterocycles. The molecule has 0 unspecified atom stereocenters. The van der Waals surface area contributed by atoms with E-state index in [-0.39, 0.29) is 28.7 Å². The van der Waals surface area contributed by atoms with Crippen molar-refractivity contribution in [2.45, 2.75) is 71.9 Å². The van der Waals surface area contributed by atoms with Gasteiger partial charge in [-0.1, -0.05) is 56.4 Å². The second-order valence-corrected chi connectivity index (χ2v) is 11.7.